The third-order valence-electron chi connectivity index (χ3n) is 4.76. The molecule has 0 fully saturated rings. The number of aromatic nitrogens is 3. The highest BCUT2D eigenvalue weighted by Crippen LogP contribution is 2.29. The van der Waals surface area contributed by atoms with Crippen LogP contribution in [0.2, 0.25) is 0 Å². The number of benzene rings is 2. The van der Waals surface area contributed by atoms with Crippen molar-refractivity contribution >= 4 is 38.0 Å². The number of ether oxygens (including phenoxy) is 1. The Balaban J connectivity index is 1.60. The molecule has 0 amide bonds. The van der Waals surface area contributed by atoms with E-state index < -0.39 is 0 Å². The fraction of sp³-hybridized carbons (Fsp3) is 0.211. The lowest BCUT2D eigenvalue weighted by atomic mass is 10.1. The van der Waals surface area contributed by atoms with Crippen molar-refractivity contribution < 1.29 is 4.74 Å². The van der Waals surface area contributed by atoms with Crippen LogP contribution in [0, 0.1) is 0 Å². The molecule has 0 radical (unpaired) electrons. The molecule has 2 aromatic heterocycles. The van der Waals surface area contributed by atoms with Crippen LogP contribution in [0.5, 0.6) is 5.75 Å². The van der Waals surface area contributed by atoms with Crippen molar-refractivity contribution in [2.75, 3.05) is 12.4 Å². The van der Waals surface area contributed by atoms with E-state index in [4.69, 9.17) is 4.74 Å². The number of fused-ring (bicyclic) bond motifs is 3. The summed E-state index contributed by atoms with van der Waals surface area (Å²) in [5.74, 6) is 0.510. The molecule has 1 N–H and O–H groups in total. The van der Waals surface area contributed by atoms with Crippen LogP contribution in [-0.4, -0.2) is 21.7 Å². The van der Waals surface area contributed by atoms with Crippen LogP contribution < -0.4 is 15.6 Å². The van der Waals surface area contributed by atoms with E-state index in [9.17, 15) is 4.79 Å². The number of nitrogens with zero attached hydrogens (tertiary/aromatic N) is 3. The summed E-state index contributed by atoms with van der Waals surface area (Å²) in [6.45, 7) is 0. The maximum Gasteiger partial charge on any atom is 0.286 e. The van der Waals surface area contributed by atoms with Crippen LogP contribution in [0.1, 0.15) is 17.5 Å². The van der Waals surface area contributed by atoms with Gasteiger partial charge in [0.05, 0.1) is 12.6 Å². The molecule has 0 unspecified atom stereocenters. The third-order valence-corrected chi connectivity index (χ3v) is 5.58. The van der Waals surface area contributed by atoms with Crippen LogP contribution in [0.15, 0.2) is 41.2 Å². The summed E-state index contributed by atoms with van der Waals surface area (Å²) in [6, 6.07) is 11.8. The Labute approximate surface area is 153 Å². The standard InChI is InChI=1S/C19H16N4O2S/c1-25-15-7-3-6-14-16(15)17(24)23-19(21-14)26-18(22-23)20-13-9-8-11-4-2-5-12(11)10-13/h3,6-10H,2,4-5H2,1H3,(H,20,22). The SMILES string of the molecule is COc1cccc2nc3sc(Nc4ccc5c(c4)CCC5)nn3c(=O)c12. The second-order valence-corrected chi connectivity index (χ2v) is 7.29. The minimum Gasteiger partial charge on any atom is -0.496 e. The molecular weight excluding hydrogens is 348 g/mol. The maximum absolute atomic E-state index is 12.8. The van der Waals surface area contributed by atoms with E-state index in [0.717, 1.165) is 18.5 Å². The van der Waals surface area contributed by atoms with Crippen LogP contribution >= 0.6 is 11.3 Å². The molecule has 1 aliphatic rings. The zero-order valence-electron chi connectivity index (χ0n) is 14.2. The van der Waals surface area contributed by atoms with Crippen LogP contribution in [0.25, 0.3) is 15.9 Å². The predicted octanol–water partition coefficient (Wildman–Crippen LogP) is 3.55. The molecule has 0 atom stereocenters. The average molecular weight is 364 g/mol. The summed E-state index contributed by atoms with van der Waals surface area (Å²) in [4.78, 5) is 18.0. The molecule has 0 saturated carbocycles. The van der Waals surface area contributed by atoms with E-state index >= 15 is 0 Å². The molecule has 0 saturated heterocycles. The van der Waals surface area contributed by atoms with Crippen molar-refractivity contribution in [1.82, 2.24) is 14.6 Å². The molecule has 1 aliphatic carbocycles. The molecule has 0 spiro atoms. The number of rotatable bonds is 3. The van der Waals surface area contributed by atoms with Gasteiger partial charge in [-0.25, -0.2) is 4.98 Å². The Morgan fingerprint density at radius 2 is 2.08 bits per heavy atom. The van der Waals surface area contributed by atoms with Gasteiger partial charge in [-0.05, 0) is 54.7 Å². The number of aryl methyl sites for hydroxylation is 2. The van der Waals surface area contributed by atoms with Gasteiger partial charge in [0.15, 0.2) is 0 Å². The third kappa shape index (κ3) is 2.35. The second kappa shape index (κ2) is 5.81. The lowest BCUT2D eigenvalue weighted by Crippen LogP contribution is -2.16. The van der Waals surface area contributed by atoms with Gasteiger partial charge in [-0.3, -0.25) is 4.79 Å². The molecule has 5 rings (SSSR count). The van der Waals surface area contributed by atoms with E-state index in [2.05, 4.69) is 33.6 Å². The zero-order valence-corrected chi connectivity index (χ0v) is 15.0. The largest absolute Gasteiger partial charge is 0.496 e. The Kier molecular flexibility index (Phi) is 3.43. The summed E-state index contributed by atoms with van der Waals surface area (Å²) >= 11 is 1.36. The van der Waals surface area contributed by atoms with E-state index in [1.54, 1.807) is 13.2 Å². The smallest absolute Gasteiger partial charge is 0.286 e. The molecule has 2 heterocycles. The second-order valence-electron chi connectivity index (χ2n) is 6.33. The molecule has 0 aliphatic heterocycles. The minimum atomic E-state index is -0.222. The number of anilines is 2. The first-order chi connectivity index (χ1) is 12.7. The number of hydrogen-bond acceptors (Lipinski definition) is 6. The molecule has 2 aromatic carbocycles. The molecule has 130 valence electrons. The highest BCUT2D eigenvalue weighted by molar-refractivity contribution is 7.20. The first-order valence-electron chi connectivity index (χ1n) is 8.48. The lowest BCUT2D eigenvalue weighted by Gasteiger charge is -2.05. The summed E-state index contributed by atoms with van der Waals surface area (Å²) in [7, 11) is 1.55. The van der Waals surface area contributed by atoms with Crippen molar-refractivity contribution in [3.63, 3.8) is 0 Å². The van der Waals surface area contributed by atoms with E-state index in [1.165, 1.54) is 33.4 Å². The van der Waals surface area contributed by atoms with Crippen LogP contribution in [0.3, 0.4) is 0 Å². The zero-order chi connectivity index (χ0) is 17.7. The first kappa shape index (κ1) is 15.3. The normalized spacial score (nSPS) is 13.3. The summed E-state index contributed by atoms with van der Waals surface area (Å²) < 4.78 is 6.65. The van der Waals surface area contributed by atoms with Crippen molar-refractivity contribution in [3.8, 4) is 5.75 Å². The van der Waals surface area contributed by atoms with Gasteiger partial charge in [0.1, 0.15) is 11.1 Å². The maximum atomic E-state index is 12.8. The molecule has 4 aromatic rings. The van der Waals surface area contributed by atoms with Crippen molar-refractivity contribution in [2.24, 2.45) is 0 Å². The fourth-order valence-corrected chi connectivity index (χ4v) is 4.33. The van der Waals surface area contributed by atoms with Gasteiger partial charge in [-0.1, -0.05) is 23.5 Å². The van der Waals surface area contributed by atoms with Crippen LogP contribution in [0.4, 0.5) is 10.8 Å². The van der Waals surface area contributed by atoms with Gasteiger partial charge in [-0.15, -0.1) is 5.10 Å². The Morgan fingerprint density at radius 3 is 2.96 bits per heavy atom. The highest BCUT2D eigenvalue weighted by atomic mass is 32.1. The van der Waals surface area contributed by atoms with Crippen LogP contribution in [-0.2, 0) is 12.8 Å². The Morgan fingerprint density at radius 1 is 1.19 bits per heavy atom. The van der Waals surface area contributed by atoms with Gasteiger partial charge in [-0.2, -0.15) is 4.52 Å². The van der Waals surface area contributed by atoms with Crippen molar-refractivity contribution in [1.29, 1.82) is 0 Å². The van der Waals surface area contributed by atoms with Gasteiger partial charge in [0, 0.05) is 5.69 Å². The monoisotopic (exact) mass is 364 g/mol. The molecule has 0 bridgehead atoms. The Bertz CT molecular complexity index is 1210. The predicted molar refractivity (Wildman–Crippen MR) is 103 cm³/mol. The topological polar surface area (TPSA) is 68.5 Å². The lowest BCUT2D eigenvalue weighted by molar-refractivity contribution is 0.419. The van der Waals surface area contributed by atoms with Crippen molar-refractivity contribution in [2.45, 2.75) is 19.3 Å². The van der Waals surface area contributed by atoms with Crippen molar-refractivity contribution in [3.05, 3.63) is 57.9 Å². The summed E-state index contributed by atoms with van der Waals surface area (Å²) in [6.07, 6.45) is 3.50. The van der Waals surface area contributed by atoms with E-state index in [0.29, 0.717) is 26.7 Å². The van der Waals surface area contributed by atoms with Gasteiger partial charge in [0.2, 0.25) is 10.1 Å². The molecule has 26 heavy (non-hydrogen) atoms. The molecule has 7 heteroatoms. The number of methoxy groups -OCH3 is 1. The fourth-order valence-electron chi connectivity index (χ4n) is 3.52. The average Bonchev–Trinajstić information content (AvgIpc) is 3.27. The summed E-state index contributed by atoms with van der Waals surface area (Å²) in [5, 5.41) is 8.82. The van der Waals surface area contributed by atoms with E-state index in [1.807, 2.05) is 12.1 Å². The molecule has 6 nitrogen and oxygen atoms in total. The number of nitrogens with one attached hydrogen (secondary N) is 1. The quantitative estimate of drug-likeness (QED) is 0.602. The van der Waals surface area contributed by atoms with E-state index in [-0.39, 0.29) is 5.56 Å². The number of hydrogen-bond donors (Lipinski definition) is 1. The molecular formula is C19H16N4O2S. The Hall–Kier alpha value is -2.93. The minimum absolute atomic E-state index is 0.222. The summed E-state index contributed by atoms with van der Waals surface area (Å²) in [5.41, 5.74) is 4.20. The van der Waals surface area contributed by atoms with Gasteiger partial charge >= 0.3 is 0 Å². The highest BCUT2D eigenvalue weighted by Gasteiger charge is 2.15. The van der Waals surface area contributed by atoms with Gasteiger partial charge in [0.25, 0.3) is 5.56 Å². The van der Waals surface area contributed by atoms with Gasteiger partial charge < -0.3 is 10.1 Å². The first-order valence-corrected chi connectivity index (χ1v) is 9.30.